The van der Waals surface area contributed by atoms with E-state index in [9.17, 15) is 9.59 Å². The molecular weight excluding hydrogens is 361 g/mol. The second-order valence-electron chi connectivity index (χ2n) is 6.80. The molecule has 5 nitrogen and oxygen atoms in total. The van der Waals surface area contributed by atoms with Crippen LogP contribution in [0.4, 0.5) is 5.69 Å². The molecule has 1 aromatic rings. The van der Waals surface area contributed by atoms with E-state index in [4.69, 9.17) is 17.3 Å². The molecule has 0 aromatic heterocycles. The van der Waals surface area contributed by atoms with Crippen LogP contribution in [0.3, 0.4) is 0 Å². The highest BCUT2D eigenvalue weighted by atomic mass is 35.5. The first kappa shape index (κ1) is 20.0. The van der Waals surface area contributed by atoms with Gasteiger partial charge in [-0.15, -0.1) is 12.4 Å². The van der Waals surface area contributed by atoms with Gasteiger partial charge in [-0.1, -0.05) is 11.6 Å². The second kappa shape index (κ2) is 8.88. The van der Waals surface area contributed by atoms with Crippen molar-refractivity contribution < 1.29 is 9.59 Å². The summed E-state index contributed by atoms with van der Waals surface area (Å²) in [6.07, 6.45) is 5.58. The molecule has 2 atom stereocenters. The zero-order chi connectivity index (χ0) is 17.1. The van der Waals surface area contributed by atoms with Gasteiger partial charge in [-0.05, 0) is 56.7 Å². The number of benzene rings is 1. The number of anilines is 1. The Hall–Kier alpha value is -1.30. The molecule has 2 unspecified atom stereocenters. The summed E-state index contributed by atoms with van der Waals surface area (Å²) in [6.45, 7) is 1.54. The van der Waals surface area contributed by atoms with E-state index in [2.05, 4.69) is 5.32 Å². The van der Waals surface area contributed by atoms with Crippen molar-refractivity contribution in [3.63, 3.8) is 0 Å². The first-order valence-electron chi connectivity index (χ1n) is 8.70. The number of carbonyl (C=O) groups is 2. The van der Waals surface area contributed by atoms with Gasteiger partial charge in [0.2, 0.25) is 5.91 Å². The van der Waals surface area contributed by atoms with E-state index >= 15 is 0 Å². The predicted octanol–water partition coefficient (Wildman–Crippen LogP) is 3.45. The van der Waals surface area contributed by atoms with E-state index < -0.39 is 0 Å². The number of piperidine rings is 1. The normalized spacial score (nSPS) is 23.0. The SMILES string of the molecule is Cl.NC1CCC(C(=O)Nc2cc(Cl)ccc2C(=O)N2CCCCC2)C1. The van der Waals surface area contributed by atoms with Gasteiger partial charge in [0.05, 0.1) is 11.3 Å². The smallest absolute Gasteiger partial charge is 0.255 e. The largest absolute Gasteiger partial charge is 0.339 e. The third-order valence-corrected chi connectivity index (χ3v) is 5.19. The van der Waals surface area contributed by atoms with Crippen LogP contribution in [0.2, 0.25) is 5.02 Å². The molecule has 1 aromatic carbocycles. The van der Waals surface area contributed by atoms with Gasteiger partial charge < -0.3 is 16.0 Å². The summed E-state index contributed by atoms with van der Waals surface area (Å²) < 4.78 is 0. The first-order chi connectivity index (χ1) is 11.5. The van der Waals surface area contributed by atoms with Gasteiger partial charge >= 0.3 is 0 Å². The van der Waals surface area contributed by atoms with E-state index in [0.717, 1.165) is 45.2 Å². The topological polar surface area (TPSA) is 75.4 Å². The average molecular weight is 386 g/mol. The van der Waals surface area contributed by atoms with Crippen molar-refractivity contribution >= 4 is 41.5 Å². The number of amides is 2. The van der Waals surface area contributed by atoms with Gasteiger partial charge in [0, 0.05) is 30.1 Å². The highest BCUT2D eigenvalue weighted by Gasteiger charge is 2.29. The molecule has 1 aliphatic heterocycles. The molecule has 3 rings (SSSR count). The van der Waals surface area contributed by atoms with Crippen LogP contribution in [0.15, 0.2) is 18.2 Å². The van der Waals surface area contributed by atoms with Gasteiger partial charge in [0.1, 0.15) is 0 Å². The zero-order valence-corrected chi connectivity index (χ0v) is 15.7. The van der Waals surface area contributed by atoms with Crippen molar-refractivity contribution in [2.45, 2.75) is 44.6 Å². The monoisotopic (exact) mass is 385 g/mol. The van der Waals surface area contributed by atoms with Crippen LogP contribution in [0.1, 0.15) is 48.9 Å². The molecule has 138 valence electrons. The van der Waals surface area contributed by atoms with Crippen LogP contribution < -0.4 is 11.1 Å². The average Bonchev–Trinajstić information content (AvgIpc) is 3.02. The second-order valence-corrected chi connectivity index (χ2v) is 7.24. The van der Waals surface area contributed by atoms with E-state index in [1.54, 1.807) is 18.2 Å². The number of hydrogen-bond acceptors (Lipinski definition) is 3. The molecule has 1 saturated heterocycles. The maximum Gasteiger partial charge on any atom is 0.255 e. The Morgan fingerprint density at radius 3 is 2.52 bits per heavy atom. The van der Waals surface area contributed by atoms with Crippen LogP contribution in [0.5, 0.6) is 0 Å². The molecule has 2 aliphatic rings. The van der Waals surface area contributed by atoms with Crippen LogP contribution in [-0.2, 0) is 4.79 Å². The van der Waals surface area contributed by atoms with Gasteiger partial charge in [-0.3, -0.25) is 9.59 Å². The summed E-state index contributed by atoms with van der Waals surface area (Å²) in [7, 11) is 0. The minimum Gasteiger partial charge on any atom is -0.339 e. The lowest BCUT2D eigenvalue weighted by atomic mass is 10.1. The number of likely N-dealkylation sites (tertiary alicyclic amines) is 1. The molecule has 1 aliphatic carbocycles. The molecule has 25 heavy (non-hydrogen) atoms. The molecule has 3 N–H and O–H groups in total. The quantitative estimate of drug-likeness (QED) is 0.836. The Morgan fingerprint density at radius 2 is 1.88 bits per heavy atom. The highest BCUT2D eigenvalue weighted by molar-refractivity contribution is 6.31. The highest BCUT2D eigenvalue weighted by Crippen LogP contribution is 2.28. The summed E-state index contributed by atoms with van der Waals surface area (Å²) in [6, 6.07) is 5.15. The molecule has 2 fully saturated rings. The third kappa shape index (κ3) is 4.87. The molecule has 1 heterocycles. The van der Waals surface area contributed by atoms with Crippen molar-refractivity contribution in [1.29, 1.82) is 0 Å². The summed E-state index contributed by atoms with van der Waals surface area (Å²) in [4.78, 5) is 27.1. The third-order valence-electron chi connectivity index (χ3n) is 4.96. The Bertz CT molecular complexity index is 633. The van der Waals surface area contributed by atoms with Crippen molar-refractivity contribution in [3.05, 3.63) is 28.8 Å². The Balaban J connectivity index is 0.00000225. The van der Waals surface area contributed by atoms with Crippen molar-refractivity contribution in [1.82, 2.24) is 4.90 Å². The molecule has 1 saturated carbocycles. The molecular formula is C18H25Cl2N3O2. The Morgan fingerprint density at radius 1 is 1.16 bits per heavy atom. The molecule has 7 heteroatoms. The van der Waals surface area contributed by atoms with Gasteiger partial charge in [0.25, 0.3) is 5.91 Å². The number of halogens is 2. The molecule has 0 radical (unpaired) electrons. The Labute approximate surface area is 159 Å². The summed E-state index contributed by atoms with van der Waals surface area (Å²) in [5, 5.41) is 3.41. The lowest BCUT2D eigenvalue weighted by molar-refractivity contribution is -0.119. The van der Waals surface area contributed by atoms with Crippen molar-refractivity contribution in [2.24, 2.45) is 11.7 Å². The fraction of sp³-hybridized carbons (Fsp3) is 0.556. The van der Waals surface area contributed by atoms with E-state index in [-0.39, 0.29) is 36.2 Å². The van der Waals surface area contributed by atoms with Crippen LogP contribution >= 0.6 is 24.0 Å². The fourth-order valence-electron chi connectivity index (χ4n) is 3.56. The Kier molecular flexibility index (Phi) is 7.11. The molecule has 0 spiro atoms. The standard InChI is InChI=1S/C18H24ClN3O2.ClH/c19-13-5-7-15(18(24)22-8-2-1-3-9-22)16(11-13)21-17(23)12-4-6-14(20)10-12;/h5,7,11-12,14H,1-4,6,8-10,20H2,(H,21,23);1H. The van der Waals surface area contributed by atoms with Crippen molar-refractivity contribution in [3.8, 4) is 0 Å². The maximum atomic E-state index is 12.8. The van der Waals surface area contributed by atoms with E-state index in [1.165, 1.54) is 0 Å². The number of nitrogens with one attached hydrogen (secondary N) is 1. The summed E-state index contributed by atoms with van der Waals surface area (Å²) in [5.74, 6) is -0.195. The minimum absolute atomic E-state index is 0. The summed E-state index contributed by atoms with van der Waals surface area (Å²) in [5.41, 5.74) is 6.91. The predicted molar refractivity (Wildman–Crippen MR) is 102 cm³/mol. The number of rotatable bonds is 3. The van der Waals surface area contributed by atoms with Gasteiger partial charge in [-0.2, -0.15) is 0 Å². The number of hydrogen-bond donors (Lipinski definition) is 2. The lowest BCUT2D eigenvalue weighted by Crippen LogP contribution is -2.36. The fourth-order valence-corrected chi connectivity index (χ4v) is 3.74. The van der Waals surface area contributed by atoms with E-state index in [0.29, 0.717) is 22.7 Å². The number of nitrogens with zero attached hydrogens (tertiary/aromatic N) is 1. The van der Waals surface area contributed by atoms with Crippen LogP contribution in [0.25, 0.3) is 0 Å². The lowest BCUT2D eigenvalue weighted by Gasteiger charge is -2.27. The maximum absolute atomic E-state index is 12.8. The minimum atomic E-state index is -0.0862. The van der Waals surface area contributed by atoms with Crippen molar-refractivity contribution in [2.75, 3.05) is 18.4 Å². The molecule has 2 amide bonds. The van der Waals surface area contributed by atoms with Gasteiger partial charge in [0.15, 0.2) is 0 Å². The zero-order valence-electron chi connectivity index (χ0n) is 14.2. The van der Waals surface area contributed by atoms with Crippen LogP contribution in [0, 0.1) is 5.92 Å². The number of nitrogens with two attached hydrogens (primary N) is 1. The first-order valence-corrected chi connectivity index (χ1v) is 9.07. The van der Waals surface area contributed by atoms with Crippen LogP contribution in [-0.4, -0.2) is 35.8 Å². The molecule has 0 bridgehead atoms. The van der Waals surface area contributed by atoms with Gasteiger partial charge in [-0.25, -0.2) is 0 Å². The number of carbonyl (C=O) groups excluding carboxylic acids is 2. The van der Waals surface area contributed by atoms with E-state index in [1.807, 2.05) is 4.90 Å². The summed E-state index contributed by atoms with van der Waals surface area (Å²) >= 11 is 6.08.